The highest BCUT2D eigenvalue weighted by Gasteiger charge is 2.26. The number of nitrogens with one attached hydrogen (secondary N) is 1. The van der Waals surface area contributed by atoms with Crippen LogP contribution in [0, 0.1) is 5.41 Å². The molecule has 0 bridgehead atoms. The Morgan fingerprint density at radius 1 is 1.47 bits per heavy atom. The van der Waals surface area contributed by atoms with Gasteiger partial charge >= 0.3 is 5.97 Å². The Kier molecular flexibility index (Phi) is 3.46. The summed E-state index contributed by atoms with van der Waals surface area (Å²) in [6.45, 7) is 3.45. The molecule has 0 saturated carbocycles. The minimum absolute atomic E-state index is 0.0401. The SMILES string of the molecule is CC(C)(CCc1ccc2c(c1)NC(=O)CO2)C(=O)O. The predicted octanol–water partition coefficient (Wildman–Crippen LogP) is 2.06. The van der Waals surface area contributed by atoms with Gasteiger partial charge < -0.3 is 15.2 Å². The molecular formula is C14H17NO4. The van der Waals surface area contributed by atoms with Crippen molar-refractivity contribution < 1.29 is 19.4 Å². The van der Waals surface area contributed by atoms with Gasteiger partial charge in [0.2, 0.25) is 0 Å². The Bertz CT molecular complexity index is 522. The molecule has 2 rings (SSSR count). The van der Waals surface area contributed by atoms with Gasteiger partial charge in [0.15, 0.2) is 6.61 Å². The van der Waals surface area contributed by atoms with Crippen molar-refractivity contribution in [3.8, 4) is 5.75 Å². The highest BCUT2D eigenvalue weighted by Crippen LogP contribution is 2.30. The lowest BCUT2D eigenvalue weighted by Gasteiger charge is -2.21. The topological polar surface area (TPSA) is 75.6 Å². The Labute approximate surface area is 111 Å². The van der Waals surface area contributed by atoms with E-state index in [9.17, 15) is 9.59 Å². The number of carbonyl (C=O) groups is 2. The fourth-order valence-corrected chi connectivity index (χ4v) is 1.85. The number of carboxylic acids is 1. The van der Waals surface area contributed by atoms with Crippen molar-refractivity contribution in [2.45, 2.75) is 26.7 Å². The first-order valence-corrected chi connectivity index (χ1v) is 6.17. The van der Waals surface area contributed by atoms with Gasteiger partial charge in [-0.1, -0.05) is 6.07 Å². The van der Waals surface area contributed by atoms with Gasteiger partial charge in [-0.2, -0.15) is 0 Å². The van der Waals surface area contributed by atoms with Crippen LogP contribution in [0.15, 0.2) is 18.2 Å². The lowest BCUT2D eigenvalue weighted by Crippen LogP contribution is -2.26. The van der Waals surface area contributed by atoms with Crippen LogP contribution >= 0.6 is 0 Å². The van der Waals surface area contributed by atoms with Crippen LogP contribution in [0.25, 0.3) is 0 Å². The van der Waals surface area contributed by atoms with E-state index < -0.39 is 11.4 Å². The minimum atomic E-state index is -0.804. The van der Waals surface area contributed by atoms with Gasteiger partial charge in [-0.3, -0.25) is 9.59 Å². The fraction of sp³-hybridized carbons (Fsp3) is 0.429. The standard InChI is InChI=1S/C14H17NO4/c1-14(2,13(17)18)6-5-9-3-4-11-10(7-9)15-12(16)8-19-11/h3-4,7H,5-6,8H2,1-2H3,(H,15,16)(H,17,18). The maximum atomic E-state index is 11.2. The molecule has 2 N–H and O–H groups in total. The van der Waals surface area contributed by atoms with E-state index in [1.165, 1.54) is 0 Å². The normalized spacial score (nSPS) is 14.3. The van der Waals surface area contributed by atoms with Gasteiger partial charge in [0.1, 0.15) is 5.75 Å². The molecule has 5 heteroatoms. The zero-order chi connectivity index (χ0) is 14.0. The number of aryl methyl sites for hydroxylation is 1. The lowest BCUT2D eigenvalue weighted by atomic mass is 9.86. The molecular weight excluding hydrogens is 246 g/mol. The summed E-state index contributed by atoms with van der Waals surface area (Å²) >= 11 is 0. The summed E-state index contributed by atoms with van der Waals surface area (Å²) in [6.07, 6.45) is 1.18. The number of aliphatic carboxylic acids is 1. The largest absolute Gasteiger partial charge is 0.482 e. The van der Waals surface area contributed by atoms with E-state index in [1.807, 2.05) is 12.1 Å². The van der Waals surface area contributed by atoms with Crippen LogP contribution in [0.5, 0.6) is 5.75 Å². The van der Waals surface area contributed by atoms with E-state index in [2.05, 4.69) is 5.32 Å². The van der Waals surface area contributed by atoms with Crippen molar-refractivity contribution in [3.05, 3.63) is 23.8 Å². The second-order valence-electron chi connectivity index (χ2n) is 5.36. The number of benzene rings is 1. The van der Waals surface area contributed by atoms with Crippen molar-refractivity contribution >= 4 is 17.6 Å². The van der Waals surface area contributed by atoms with E-state index >= 15 is 0 Å². The first kappa shape index (κ1) is 13.4. The molecule has 1 aliphatic rings. The van der Waals surface area contributed by atoms with Gasteiger partial charge in [0, 0.05) is 0 Å². The van der Waals surface area contributed by atoms with Crippen LogP contribution < -0.4 is 10.1 Å². The number of carbonyl (C=O) groups excluding carboxylic acids is 1. The summed E-state index contributed by atoms with van der Waals surface area (Å²) in [6, 6.07) is 5.54. The van der Waals surface area contributed by atoms with Crippen LogP contribution in [0.4, 0.5) is 5.69 Å². The molecule has 1 heterocycles. The first-order valence-electron chi connectivity index (χ1n) is 6.17. The molecule has 1 aliphatic heterocycles. The monoisotopic (exact) mass is 263 g/mol. The summed E-state index contributed by atoms with van der Waals surface area (Å²) in [4.78, 5) is 22.3. The van der Waals surface area contributed by atoms with Crippen molar-refractivity contribution in [3.63, 3.8) is 0 Å². The average Bonchev–Trinajstić information content (AvgIpc) is 2.35. The summed E-state index contributed by atoms with van der Waals surface area (Å²) in [5.74, 6) is -0.321. The second-order valence-corrected chi connectivity index (χ2v) is 5.36. The van der Waals surface area contributed by atoms with Gasteiger partial charge in [-0.25, -0.2) is 0 Å². The summed E-state index contributed by atoms with van der Waals surface area (Å²) in [5, 5.41) is 11.8. The molecule has 19 heavy (non-hydrogen) atoms. The quantitative estimate of drug-likeness (QED) is 0.871. The van der Waals surface area contributed by atoms with Crippen LogP contribution in [0.3, 0.4) is 0 Å². The third kappa shape index (κ3) is 3.05. The maximum absolute atomic E-state index is 11.2. The number of rotatable bonds is 4. The van der Waals surface area contributed by atoms with E-state index in [0.29, 0.717) is 24.3 Å². The Balaban J connectivity index is 2.08. The molecule has 1 aromatic rings. The Morgan fingerprint density at radius 3 is 2.89 bits per heavy atom. The molecule has 0 unspecified atom stereocenters. The van der Waals surface area contributed by atoms with Gasteiger partial charge in [-0.05, 0) is 44.4 Å². The van der Waals surface area contributed by atoms with Gasteiger partial charge in [0.25, 0.3) is 5.91 Å². The molecule has 102 valence electrons. The van der Waals surface area contributed by atoms with Crippen LogP contribution in [0.2, 0.25) is 0 Å². The summed E-state index contributed by atoms with van der Waals surface area (Å²) in [5.41, 5.74) is 0.885. The molecule has 0 aliphatic carbocycles. The van der Waals surface area contributed by atoms with E-state index in [0.717, 1.165) is 5.56 Å². The molecule has 0 atom stereocenters. The van der Waals surface area contributed by atoms with E-state index in [-0.39, 0.29) is 12.5 Å². The van der Waals surface area contributed by atoms with E-state index in [1.54, 1.807) is 19.9 Å². The molecule has 0 saturated heterocycles. The predicted molar refractivity (Wildman–Crippen MR) is 70.3 cm³/mol. The number of carboxylic acid groups (broad SMARTS) is 1. The number of anilines is 1. The third-order valence-electron chi connectivity index (χ3n) is 3.29. The number of ether oxygens (including phenoxy) is 1. The van der Waals surface area contributed by atoms with Crippen molar-refractivity contribution in [1.29, 1.82) is 0 Å². The summed E-state index contributed by atoms with van der Waals surface area (Å²) < 4.78 is 5.27. The maximum Gasteiger partial charge on any atom is 0.309 e. The fourth-order valence-electron chi connectivity index (χ4n) is 1.85. The molecule has 0 aromatic heterocycles. The highest BCUT2D eigenvalue weighted by atomic mass is 16.5. The first-order chi connectivity index (χ1) is 8.88. The number of amides is 1. The smallest absolute Gasteiger partial charge is 0.309 e. The molecule has 1 amide bonds. The summed E-state index contributed by atoms with van der Waals surface area (Å²) in [7, 11) is 0. The second kappa shape index (κ2) is 4.91. The van der Waals surface area contributed by atoms with Gasteiger partial charge in [-0.15, -0.1) is 0 Å². The molecule has 5 nitrogen and oxygen atoms in total. The number of hydrogen-bond acceptors (Lipinski definition) is 3. The lowest BCUT2D eigenvalue weighted by molar-refractivity contribution is -0.147. The Hall–Kier alpha value is -2.04. The van der Waals surface area contributed by atoms with Gasteiger partial charge in [0.05, 0.1) is 11.1 Å². The molecule has 0 radical (unpaired) electrons. The van der Waals surface area contributed by atoms with Crippen molar-refractivity contribution in [1.82, 2.24) is 0 Å². The van der Waals surface area contributed by atoms with Crippen LogP contribution in [-0.4, -0.2) is 23.6 Å². The highest BCUT2D eigenvalue weighted by molar-refractivity contribution is 5.95. The molecule has 1 aromatic carbocycles. The van der Waals surface area contributed by atoms with E-state index in [4.69, 9.17) is 9.84 Å². The minimum Gasteiger partial charge on any atom is -0.482 e. The third-order valence-corrected chi connectivity index (χ3v) is 3.29. The zero-order valence-corrected chi connectivity index (χ0v) is 11.0. The van der Waals surface area contributed by atoms with Crippen LogP contribution in [-0.2, 0) is 16.0 Å². The van der Waals surface area contributed by atoms with Crippen LogP contribution in [0.1, 0.15) is 25.8 Å². The van der Waals surface area contributed by atoms with Crippen molar-refractivity contribution in [2.75, 3.05) is 11.9 Å². The molecule has 0 spiro atoms. The Morgan fingerprint density at radius 2 is 2.21 bits per heavy atom. The molecule has 0 fully saturated rings. The number of fused-ring (bicyclic) bond motifs is 1. The zero-order valence-electron chi connectivity index (χ0n) is 11.0. The van der Waals surface area contributed by atoms with Crippen molar-refractivity contribution in [2.24, 2.45) is 5.41 Å². The number of hydrogen-bond donors (Lipinski definition) is 2. The average molecular weight is 263 g/mol.